The molecule has 2 aromatic rings. The number of carbonyl (C=O) groups is 1. The van der Waals surface area contributed by atoms with Gasteiger partial charge in [0.05, 0.1) is 5.69 Å². The van der Waals surface area contributed by atoms with Gasteiger partial charge in [-0.05, 0) is 13.8 Å². The lowest BCUT2D eigenvalue weighted by Crippen LogP contribution is -2.46. The van der Waals surface area contributed by atoms with E-state index in [0.29, 0.717) is 11.5 Å². The molecule has 0 saturated heterocycles. The minimum absolute atomic E-state index is 0.546. The van der Waals surface area contributed by atoms with Crippen LogP contribution in [0.2, 0.25) is 0 Å². The number of nitrogens with two attached hydrogens (primary N) is 1. The Morgan fingerprint density at radius 3 is 2.71 bits per heavy atom. The van der Waals surface area contributed by atoms with E-state index in [4.69, 9.17) is 15.4 Å². The average molecular weight is 306 g/mol. The Bertz CT molecular complexity index is 610. The number of nitrogens with zero attached hydrogens (tertiary/aromatic N) is 1. The summed E-state index contributed by atoms with van der Waals surface area (Å²) in [4.78, 5) is 11.0. The summed E-state index contributed by atoms with van der Waals surface area (Å²) in [5, 5.41) is 13.0. The van der Waals surface area contributed by atoms with E-state index in [1.165, 1.54) is 11.8 Å². The van der Waals surface area contributed by atoms with Gasteiger partial charge in [-0.15, -0.1) is 11.8 Å². The largest absolute Gasteiger partial charge is 0.480 e. The first-order valence-electron chi connectivity index (χ1n) is 6.53. The van der Waals surface area contributed by atoms with Crippen LogP contribution in [0.5, 0.6) is 0 Å². The van der Waals surface area contributed by atoms with E-state index in [1.54, 1.807) is 0 Å². The SMILES string of the molecule is CC(C)(SCc1cc(-c2ccccc2)on1)[C@@H](N)C(=O)O. The normalized spacial score (nSPS) is 13.1. The van der Waals surface area contributed by atoms with E-state index < -0.39 is 16.8 Å². The lowest BCUT2D eigenvalue weighted by atomic mass is 10.1. The van der Waals surface area contributed by atoms with Crippen molar-refractivity contribution >= 4 is 17.7 Å². The third-order valence-corrected chi connectivity index (χ3v) is 4.66. The fraction of sp³-hybridized carbons (Fsp3) is 0.333. The predicted molar refractivity (Wildman–Crippen MR) is 82.9 cm³/mol. The lowest BCUT2D eigenvalue weighted by Gasteiger charge is -2.27. The van der Waals surface area contributed by atoms with Gasteiger partial charge in [0.15, 0.2) is 5.76 Å². The van der Waals surface area contributed by atoms with Gasteiger partial charge in [-0.3, -0.25) is 4.79 Å². The zero-order valence-corrected chi connectivity index (χ0v) is 12.8. The van der Waals surface area contributed by atoms with Crippen LogP contribution in [-0.4, -0.2) is 27.0 Å². The Kier molecular flexibility index (Phi) is 4.69. The van der Waals surface area contributed by atoms with Gasteiger partial charge in [-0.1, -0.05) is 35.5 Å². The van der Waals surface area contributed by atoms with Crippen LogP contribution in [0.15, 0.2) is 40.9 Å². The third kappa shape index (κ3) is 3.86. The second-order valence-electron chi connectivity index (χ2n) is 5.26. The molecule has 2 rings (SSSR count). The second-order valence-corrected chi connectivity index (χ2v) is 6.89. The molecule has 1 heterocycles. The molecule has 3 N–H and O–H groups in total. The minimum Gasteiger partial charge on any atom is -0.480 e. The number of hydrogen-bond acceptors (Lipinski definition) is 5. The van der Waals surface area contributed by atoms with Crippen LogP contribution in [0.4, 0.5) is 0 Å². The fourth-order valence-electron chi connectivity index (χ4n) is 1.77. The molecule has 5 nitrogen and oxygen atoms in total. The van der Waals surface area contributed by atoms with Crippen molar-refractivity contribution in [1.29, 1.82) is 0 Å². The smallest absolute Gasteiger partial charge is 0.321 e. The molecule has 1 atom stereocenters. The first-order chi connectivity index (χ1) is 9.90. The van der Waals surface area contributed by atoms with Crippen molar-refractivity contribution in [3.8, 4) is 11.3 Å². The average Bonchev–Trinajstić information content (AvgIpc) is 2.94. The Labute approximate surface area is 127 Å². The van der Waals surface area contributed by atoms with Crippen LogP contribution in [0.25, 0.3) is 11.3 Å². The molecule has 1 aromatic carbocycles. The summed E-state index contributed by atoms with van der Waals surface area (Å²) in [6.07, 6.45) is 0. The van der Waals surface area contributed by atoms with Gasteiger partial charge in [0.2, 0.25) is 0 Å². The number of carboxylic acids is 1. The highest BCUT2D eigenvalue weighted by molar-refractivity contribution is 7.99. The zero-order chi connectivity index (χ0) is 15.5. The van der Waals surface area contributed by atoms with E-state index in [1.807, 2.05) is 50.2 Å². The monoisotopic (exact) mass is 306 g/mol. The highest BCUT2D eigenvalue weighted by atomic mass is 32.2. The molecular formula is C15H18N2O3S. The first kappa shape index (κ1) is 15.6. The van der Waals surface area contributed by atoms with Gasteiger partial charge < -0.3 is 15.4 Å². The predicted octanol–water partition coefficient (Wildman–Crippen LogP) is 2.77. The number of carboxylic acid groups (broad SMARTS) is 1. The maximum absolute atomic E-state index is 11.0. The summed E-state index contributed by atoms with van der Waals surface area (Å²) >= 11 is 1.45. The van der Waals surface area contributed by atoms with Crippen LogP contribution >= 0.6 is 11.8 Å². The Balaban J connectivity index is 2.02. The summed E-state index contributed by atoms with van der Waals surface area (Å²) in [7, 11) is 0. The van der Waals surface area contributed by atoms with E-state index in [0.717, 1.165) is 11.3 Å². The molecule has 0 radical (unpaired) electrons. The molecule has 1 aromatic heterocycles. The van der Waals surface area contributed by atoms with E-state index in [2.05, 4.69) is 5.16 Å². The summed E-state index contributed by atoms with van der Waals surface area (Å²) in [5.74, 6) is 0.244. The minimum atomic E-state index is -1.00. The standard InChI is InChI=1S/C15H18N2O3S/c1-15(2,13(16)14(18)19)21-9-11-8-12(20-17-11)10-6-4-3-5-7-10/h3-8,13H,9,16H2,1-2H3,(H,18,19)/t13-/m0/s1. The van der Waals surface area contributed by atoms with Crippen LogP contribution in [0.1, 0.15) is 19.5 Å². The number of benzene rings is 1. The summed E-state index contributed by atoms with van der Waals surface area (Å²) in [5.41, 5.74) is 7.42. The van der Waals surface area contributed by atoms with Crippen molar-refractivity contribution in [1.82, 2.24) is 5.16 Å². The fourth-order valence-corrected chi connectivity index (χ4v) is 2.70. The number of rotatable bonds is 6. The molecule has 0 fully saturated rings. The molecule has 0 aliphatic heterocycles. The number of thioether (sulfide) groups is 1. The van der Waals surface area contributed by atoms with Crippen LogP contribution in [0.3, 0.4) is 0 Å². The lowest BCUT2D eigenvalue weighted by molar-refractivity contribution is -0.139. The van der Waals surface area contributed by atoms with Crippen molar-refractivity contribution < 1.29 is 14.4 Å². The number of hydrogen-bond donors (Lipinski definition) is 2. The summed E-state index contributed by atoms with van der Waals surface area (Å²) in [6, 6.07) is 10.6. The highest BCUT2D eigenvalue weighted by Gasteiger charge is 2.32. The maximum Gasteiger partial charge on any atom is 0.321 e. The summed E-state index contributed by atoms with van der Waals surface area (Å²) < 4.78 is 4.73. The van der Waals surface area contributed by atoms with Crippen LogP contribution < -0.4 is 5.73 Å². The van der Waals surface area contributed by atoms with Crippen LogP contribution in [0, 0.1) is 0 Å². The zero-order valence-electron chi connectivity index (χ0n) is 11.9. The molecule has 0 bridgehead atoms. The number of aliphatic carboxylic acids is 1. The van der Waals surface area contributed by atoms with Gasteiger partial charge in [0, 0.05) is 22.1 Å². The van der Waals surface area contributed by atoms with Crippen molar-refractivity contribution in [3.63, 3.8) is 0 Å². The molecule has 0 aliphatic rings. The van der Waals surface area contributed by atoms with E-state index in [-0.39, 0.29) is 0 Å². The van der Waals surface area contributed by atoms with Gasteiger partial charge in [-0.25, -0.2) is 0 Å². The van der Waals surface area contributed by atoms with Gasteiger partial charge in [0.1, 0.15) is 6.04 Å². The van der Waals surface area contributed by atoms with Crippen LogP contribution in [-0.2, 0) is 10.5 Å². The number of aromatic nitrogens is 1. The molecule has 0 spiro atoms. The second kappa shape index (κ2) is 6.32. The Morgan fingerprint density at radius 2 is 2.10 bits per heavy atom. The molecule has 0 amide bonds. The van der Waals surface area contributed by atoms with E-state index in [9.17, 15) is 4.79 Å². The third-order valence-electron chi connectivity index (χ3n) is 3.22. The molecule has 0 aliphatic carbocycles. The molecule has 6 heteroatoms. The van der Waals surface area contributed by atoms with Gasteiger partial charge in [-0.2, -0.15) is 0 Å². The van der Waals surface area contributed by atoms with Crippen molar-refractivity contribution in [2.24, 2.45) is 5.73 Å². The topological polar surface area (TPSA) is 89.4 Å². The molecule has 21 heavy (non-hydrogen) atoms. The van der Waals surface area contributed by atoms with Gasteiger partial charge in [0.25, 0.3) is 0 Å². The Hall–Kier alpha value is -1.79. The van der Waals surface area contributed by atoms with Crippen molar-refractivity contribution in [3.05, 3.63) is 42.1 Å². The van der Waals surface area contributed by atoms with E-state index >= 15 is 0 Å². The van der Waals surface area contributed by atoms with Crippen molar-refractivity contribution in [2.45, 2.75) is 30.4 Å². The summed E-state index contributed by atoms with van der Waals surface area (Å²) in [6.45, 7) is 3.63. The quantitative estimate of drug-likeness (QED) is 0.853. The molecular weight excluding hydrogens is 288 g/mol. The first-order valence-corrected chi connectivity index (χ1v) is 7.52. The maximum atomic E-state index is 11.0. The van der Waals surface area contributed by atoms with Gasteiger partial charge >= 0.3 is 5.97 Å². The molecule has 112 valence electrons. The van der Waals surface area contributed by atoms with Crippen molar-refractivity contribution in [2.75, 3.05) is 0 Å². The highest BCUT2D eigenvalue weighted by Crippen LogP contribution is 2.31. The molecule has 0 saturated carbocycles. The Morgan fingerprint density at radius 1 is 1.43 bits per heavy atom. The molecule has 0 unspecified atom stereocenters.